The first kappa shape index (κ1) is 15.5. The molecule has 0 spiro atoms. The van der Waals surface area contributed by atoms with Crippen LogP contribution in [0.15, 0.2) is 28.7 Å². The third-order valence-corrected chi connectivity index (χ3v) is 3.77. The first-order valence-corrected chi connectivity index (χ1v) is 7.64. The number of amides is 1. The van der Waals surface area contributed by atoms with Gasteiger partial charge in [0, 0.05) is 23.1 Å². The largest absolute Gasteiger partial charge is 0.366 e. The van der Waals surface area contributed by atoms with E-state index in [1.807, 2.05) is 26.0 Å². The zero-order valence-electron chi connectivity index (χ0n) is 11.9. The van der Waals surface area contributed by atoms with E-state index in [4.69, 9.17) is 4.74 Å². The number of hydrogen-bond donors (Lipinski definition) is 2. The van der Waals surface area contributed by atoms with Gasteiger partial charge < -0.3 is 15.4 Å². The Hall–Kier alpha value is -0.910. The van der Waals surface area contributed by atoms with Crippen molar-refractivity contribution in [3.05, 3.63) is 34.3 Å². The second-order valence-electron chi connectivity index (χ2n) is 5.74. The molecule has 0 aromatic heterocycles. The molecule has 1 aliphatic heterocycles. The molecule has 1 unspecified atom stereocenters. The van der Waals surface area contributed by atoms with Crippen molar-refractivity contribution in [3.63, 3.8) is 0 Å². The van der Waals surface area contributed by atoms with Gasteiger partial charge >= 0.3 is 0 Å². The maximum Gasteiger partial charge on any atom is 0.250 e. The monoisotopic (exact) mass is 340 g/mol. The Morgan fingerprint density at radius 3 is 2.75 bits per heavy atom. The summed E-state index contributed by atoms with van der Waals surface area (Å²) in [5, 5.41) is 6.24. The van der Waals surface area contributed by atoms with Crippen molar-refractivity contribution in [3.8, 4) is 0 Å². The molecule has 1 heterocycles. The minimum absolute atomic E-state index is 0.0423. The summed E-state index contributed by atoms with van der Waals surface area (Å²) in [6.07, 6.45) is 0.402. The van der Waals surface area contributed by atoms with Gasteiger partial charge in [-0.05, 0) is 38.0 Å². The summed E-state index contributed by atoms with van der Waals surface area (Å²) in [5.41, 5.74) is 0.896. The SMILES string of the molecule is CC(C)(Cc1ccc(Br)cc1)NC(=O)C1CNCCO1. The summed E-state index contributed by atoms with van der Waals surface area (Å²) in [4.78, 5) is 12.2. The van der Waals surface area contributed by atoms with Gasteiger partial charge in [0.15, 0.2) is 0 Å². The van der Waals surface area contributed by atoms with Crippen LogP contribution in [-0.4, -0.2) is 37.2 Å². The zero-order chi connectivity index (χ0) is 14.6. The molecular weight excluding hydrogens is 320 g/mol. The number of rotatable bonds is 4. The normalized spacial score (nSPS) is 19.6. The molecule has 1 aromatic carbocycles. The average molecular weight is 341 g/mol. The van der Waals surface area contributed by atoms with Crippen LogP contribution in [0.2, 0.25) is 0 Å². The van der Waals surface area contributed by atoms with Gasteiger partial charge in [-0.15, -0.1) is 0 Å². The summed E-state index contributed by atoms with van der Waals surface area (Å²) >= 11 is 3.42. The molecule has 4 nitrogen and oxygen atoms in total. The van der Waals surface area contributed by atoms with E-state index in [1.54, 1.807) is 0 Å². The van der Waals surface area contributed by atoms with E-state index < -0.39 is 0 Å². The molecule has 110 valence electrons. The number of nitrogens with one attached hydrogen (secondary N) is 2. The smallest absolute Gasteiger partial charge is 0.250 e. The summed E-state index contributed by atoms with van der Waals surface area (Å²) < 4.78 is 6.53. The molecule has 0 saturated carbocycles. The number of hydrogen-bond acceptors (Lipinski definition) is 3. The van der Waals surface area contributed by atoms with Gasteiger partial charge in [0.05, 0.1) is 6.61 Å². The Morgan fingerprint density at radius 2 is 2.15 bits per heavy atom. The van der Waals surface area contributed by atoms with Crippen LogP contribution in [0.25, 0.3) is 0 Å². The van der Waals surface area contributed by atoms with Crippen molar-refractivity contribution in [1.29, 1.82) is 0 Å². The predicted molar refractivity (Wildman–Crippen MR) is 82.7 cm³/mol. The molecule has 0 aliphatic carbocycles. The van der Waals surface area contributed by atoms with Gasteiger partial charge in [-0.25, -0.2) is 0 Å². The van der Waals surface area contributed by atoms with Crippen LogP contribution in [-0.2, 0) is 16.0 Å². The van der Waals surface area contributed by atoms with Gasteiger partial charge in [-0.3, -0.25) is 4.79 Å². The second kappa shape index (κ2) is 6.70. The summed E-state index contributed by atoms with van der Waals surface area (Å²) in [6.45, 7) is 6.05. The van der Waals surface area contributed by atoms with Crippen LogP contribution in [0, 0.1) is 0 Å². The molecule has 1 aromatic rings. The first-order valence-electron chi connectivity index (χ1n) is 6.85. The van der Waals surface area contributed by atoms with E-state index in [-0.39, 0.29) is 17.6 Å². The minimum atomic E-state index is -0.382. The quantitative estimate of drug-likeness (QED) is 0.879. The molecule has 1 saturated heterocycles. The van der Waals surface area contributed by atoms with E-state index in [0.717, 1.165) is 17.4 Å². The lowest BCUT2D eigenvalue weighted by Gasteiger charge is -2.30. The molecule has 1 fully saturated rings. The van der Waals surface area contributed by atoms with Gasteiger partial charge in [-0.2, -0.15) is 0 Å². The molecule has 2 rings (SSSR count). The number of benzene rings is 1. The van der Waals surface area contributed by atoms with E-state index in [1.165, 1.54) is 5.56 Å². The fraction of sp³-hybridized carbons (Fsp3) is 0.533. The molecular formula is C15H21BrN2O2. The van der Waals surface area contributed by atoms with Gasteiger partial charge in [0.2, 0.25) is 0 Å². The number of morpholine rings is 1. The van der Waals surface area contributed by atoms with Crippen LogP contribution < -0.4 is 10.6 Å². The maximum absolute atomic E-state index is 12.2. The number of carbonyl (C=O) groups excluding carboxylic acids is 1. The van der Waals surface area contributed by atoms with Crippen LogP contribution in [0.5, 0.6) is 0 Å². The summed E-state index contributed by atoms with van der Waals surface area (Å²) in [5.74, 6) is -0.0423. The Kier molecular flexibility index (Phi) is 5.18. The second-order valence-corrected chi connectivity index (χ2v) is 6.66. The number of ether oxygens (including phenoxy) is 1. The zero-order valence-corrected chi connectivity index (χ0v) is 13.5. The molecule has 1 amide bonds. The molecule has 2 N–H and O–H groups in total. The van der Waals surface area contributed by atoms with Crippen LogP contribution in [0.3, 0.4) is 0 Å². The standard InChI is InChI=1S/C15H21BrN2O2/c1-15(2,9-11-3-5-12(16)6-4-11)18-14(19)13-10-17-7-8-20-13/h3-6,13,17H,7-10H2,1-2H3,(H,18,19). The molecule has 0 bridgehead atoms. The molecule has 1 aliphatic rings. The third-order valence-electron chi connectivity index (χ3n) is 3.24. The van der Waals surface area contributed by atoms with Crippen LogP contribution in [0.1, 0.15) is 19.4 Å². The Morgan fingerprint density at radius 1 is 1.45 bits per heavy atom. The lowest BCUT2D eigenvalue weighted by Crippen LogP contribution is -2.54. The van der Waals surface area contributed by atoms with Gasteiger partial charge in [0.1, 0.15) is 6.10 Å². The van der Waals surface area contributed by atoms with Crippen molar-refractivity contribution in [2.24, 2.45) is 0 Å². The maximum atomic E-state index is 12.2. The van der Waals surface area contributed by atoms with Crippen molar-refractivity contribution >= 4 is 21.8 Å². The lowest BCUT2D eigenvalue weighted by molar-refractivity contribution is -0.135. The molecule has 1 atom stereocenters. The highest BCUT2D eigenvalue weighted by Crippen LogP contribution is 2.16. The van der Waals surface area contributed by atoms with E-state index in [2.05, 4.69) is 38.7 Å². The summed E-state index contributed by atoms with van der Waals surface area (Å²) in [7, 11) is 0. The van der Waals surface area contributed by atoms with Gasteiger partial charge in [0.25, 0.3) is 5.91 Å². The summed E-state index contributed by atoms with van der Waals surface area (Å²) in [6, 6.07) is 8.16. The van der Waals surface area contributed by atoms with Gasteiger partial charge in [-0.1, -0.05) is 28.1 Å². The third kappa shape index (κ3) is 4.58. The van der Waals surface area contributed by atoms with Crippen LogP contribution in [0.4, 0.5) is 0 Å². The number of halogens is 1. The average Bonchev–Trinajstić information content (AvgIpc) is 2.41. The Bertz CT molecular complexity index is 453. The fourth-order valence-electron chi connectivity index (χ4n) is 2.30. The first-order chi connectivity index (χ1) is 9.46. The van der Waals surface area contributed by atoms with E-state index in [0.29, 0.717) is 13.2 Å². The van der Waals surface area contributed by atoms with Crippen molar-refractivity contribution in [2.45, 2.75) is 31.9 Å². The highest BCUT2D eigenvalue weighted by Gasteiger charge is 2.27. The Balaban J connectivity index is 1.92. The highest BCUT2D eigenvalue weighted by atomic mass is 79.9. The predicted octanol–water partition coefficient (Wildman–Crippen LogP) is 1.87. The molecule has 5 heteroatoms. The fourth-order valence-corrected chi connectivity index (χ4v) is 2.57. The van der Waals surface area contributed by atoms with Crippen molar-refractivity contribution in [1.82, 2.24) is 10.6 Å². The molecule has 0 radical (unpaired) electrons. The van der Waals surface area contributed by atoms with E-state index >= 15 is 0 Å². The van der Waals surface area contributed by atoms with E-state index in [9.17, 15) is 4.79 Å². The number of carbonyl (C=O) groups is 1. The van der Waals surface area contributed by atoms with Crippen molar-refractivity contribution < 1.29 is 9.53 Å². The van der Waals surface area contributed by atoms with Crippen LogP contribution >= 0.6 is 15.9 Å². The minimum Gasteiger partial charge on any atom is -0.366 e. The topological polar surface area (TPSA) is 50.4 Å². The highest BCUT2D eigenvalue weighted by molar-refractivity contribution is 9.10. The molecule has 20 heavy (non-hydrogen) atoms. The lowest BCUT2D eigenvalue weighted by atomic mass is 9.94. The Labute approximate surface area is 128 Å². The van der Waals surface area contributed by atoms with Crippen molar-refractivity contribution in [2.75, 3.05) is 19.7 Å².